The normalized spacial score (nSPS) is 20.2. The lowest BCUT2D eigenvalue weighted by molar-refractivity contribution is 0.122. The van der Waals surface area contributed by atoms with E-state index in [0.29, 0.717) is 5.65 Å². The van der Waals surface area contributed by atoms with Gasteiger partial charge in [0.1, 0.15) is 0 Å². The third-order valence-electron chi connectivity index (χ3n) is 4.10. The Labute approximate surface area is 122 Å². The van der Waals surface area contributed by atoms with E-state index in [1.54, 1.807) is 0 Å². The van der Waals surface area contributed by atoms with Crippen molar-refractivity contribution in [3.05, 3.63) is 0 Å². The van der Waals surface area contributed by atoms with Crippen LogP contribution in [0, 0.1) is 0 Å². The number of piperidine rings is 1. The molecule has 0 aliphatic carbocycles. The van der Waals surface area contributed by atoms with Crippen molar-refractivity contribution in [1.82, 2.24) is 25.4 Å². The Balaban J connectivity index is 1.74. The molecule has 4 heterocycles. The van der Waals surface area contributed by atoms with E-state index in [4.69, 9.17) is 9.72 Å². The van der Waals surface area contributed by atoms with Crippen molar-refractivity contribution in [3.8, 4) is 0 Å². The molecule has 2 aromatic heterocycles. The van der Waals surface area contributed by atoms with Crippen LogP contribution in [0.3, 0.4) is 0 Å². The highest BCUT2D eigenvalue weighted by Gasteiger charge is 2.22. The van der Waals surface area contributed by atoms with Crippen molar-refractivity contribution in [2.24, 2.45) is 0 Å². The van der Waals surface area contributed by atoms with E-state index in [-0.39, 0.29) is 0 Å². The van der Waals surface area contributed by atoms with E-state index in [9.17, 15) is 0 Å². The summed E-state index contributed by atoms with van der Waals surface area (Å²) < 4.78 is 5.40. The largest absolute Gasteiger partial charge is 0.378 e. The molecule has 0 aromatic carbocycles. The van der Waals surface area contributed by atoms with Crippen LogP contribution in [0.5, 0.6) is 0 Å². The number of aromatic amines is 1. The number of morpholine rings is 1. The molecule has 8 heteroatoms. The standard InChI is InChI=1S/C13H19N7O/c1-2-4-19(5-3-1)12-10-11(17-18-16-10)14-13(15-12)20-6-8-21-9-7-20/h1-9H2,(H,14,15,16,17,18). The number of hydrogen-bond donors (Lipinski definition) is 1. The fraction of sp³-hybridized carbons (Fsp3) is 0.692. The Kier molecular flexibility index (Phi) is 3.30. The van der Waals surface area contributed by atoms with E-state index in [1.165, 1.54) is 19.3 Å². The fourth-order valence-electron chi connectivity index (χ4n) is 2.95. The molecule has 2 fully saturated rings. The van der Waals surface area contributed by atoms with E-state index < -0.39 is 0 Å². The Morgan fingerprint density at radius 3 is 2.48 bits per heavy atom. The number of hydrogen-bond acceptors (Lipinski definition) is 7. The van der Waals surface area contributed by atoms with Crippen LogP contribution in [0.2, 0.25) is 0 Å². The first-order valence-electron chi connectivity index (χ1n) is 7.58. The van der Waals surface area contributed by atoms with Gasteiger partial charge in [0.25, 0.3) is 0 Å². The molecule has 2 aliphatic heterocycles. The van der Waals surface area contributed by atoms with Crippen LogP contribution >= 0.6 is 0 Å². The van der Waals surface area contributed by atoms with Gasteiger partial charge < -0.3 is 14.5 Å². The van der Waals surface area contributed by atoms with Crippen molar-refractivity contribution in [2.45, 2.75) is 19.3 Å². The van der Waals surface area contributed by atoms with E-state index in [1.807, 2.05) is 0 Å². The summed E-state index contributed by atoms with van der Waals surface area (Å²) >= 11 is 0. The molecule has 2 saturated heterocycles. The Bertz CT molecular complexity index is 616. The fourth-order valence-corrected chi connectivity index (χ4v) is 2.95. The molecular formula is C13H19N7O. The number of nitrogens with one attached hydrogen (secondary N) is 1. The van der Waals surface area contributed by atoms with Gasteiger partial charge in [0, 0.05) is 26.2 Å². The minimum absolute atomic E-state index is 0.645. The summed E-state index contributed by atoms with van der Waals surface area (Å²) in [6.45, 7) is 5.15. The van der Waals surface area contributed by atoms with Crippen molar-refractivity contribution in [2.75, 3.05) is 49.2 Å². The summed E-state index contributed by atoms with van der Waals surface area (Å²) in [5.41, 5.74) is 1.42. The maximum atomic E-state index is 5.40. The summed E-state index contributed by atoms with van der Waals surface area (Å²) in [6.07, 6.45) is 3.70. The minimum Gasteiger partial charge on any atom is -0.378 e. The maximum absolute atomic E-state index is 5.40. The van der Waals surface area contributed by atoms with Crippen LogP contribution in [0.25, 0.3) is 11.2 Å². The zero-order chi connectivity index (χ0) is 14.1. The molecule has 112 valence electrons. The summed E-state index contributed by atoms with van der Waals surface area (Å²) in [7, 11) is 0. The van der Waals surface area contributed by atoms with Crippen LogP contribution < -0.4 is 9.80 Å². The smallest absolute Gasteiger partial charge is 0.229 e. The molecule has 2 aliphatic rings. The first kappa shape index (κ1) is 12.8. The first-order chi connectivity index (χ1) is 10.4. The predicted molar refractivity (Wildman–Crippen MR) is 78.6 cm³/mol. The van der Waals surface area contributed by atoms with Gasteiger partial charge in [-0.25, -0.2) is 0 Å². The highest BCUT2D eigenvalue weighted by Crippen LogP contribution is 2.26. The molecule has 0 saturated carbocycles. The van der Waals surface area contributed by atoms with Crippen LogP contribution in [0.4, 0.5) is 11.8 Å². The van der Waals surface area contributed by atoms with Crippen LogP contribution in [-0.4, -0.2) is 64.8 Å². The lowest BCUT2D eigenvalue weighted by atomic mass is 10.1. The van der Waals surface area contributed by atoms with Gasteiger partial charge in [0.15, 0.2) is 11.3 Å². The van der Waals surface area contributed by atoms with E-state index in [0.717, 1.165) is 56.7 Å². The lowest BCUT2D eigenvalue weighted by Gasteiger charge is -2.30. The lowest BCUT2D eigenvalue weighted by Crippen LogP contribution is -2.38. The second-order valence-electron chi connectivity index (χ2n) is 5.49. The summed E-state index contributed by atoms with van der Waals surface area (Å²) in [5.74, 6) is 1.65. The van der Waals surface area contributed by atoms with Gasteiger partial charge in [0.2, 0.25) is 11.6 Å². The zero-order valence-electron chi connectivity index (χ0n) is 12.0. The van der Waals surface area contributed by atoms with Crippen molar-refractivity contribution in [3.63, 3.8) is 0 Å². The van der Waals surface area contributed by atoms with Gasteiger partial charge in [-0.1, -0.05) is 0 Å². The molecule has 0 spiro atoms. The van der Waals surface area contributed by atoms with Gasteiger partial charge in [-0.05, 0) is 19.3 Å². The Morgan fingerprint density at radius 1 is 0.857 bits per heavy atom. The topological polar surface area (TPSA) is 83.1 Å². The van der Waals surface area contributed by atoms with Gasteiger partial charge >= 0.3 is 0 Å². The van der Waals surface area contributed by atoms with Crippen molar-refractivity contribution in [1.29, 1.82) is 0 Å². The molecule has 2 aromatic rings. The van der Waals surface area contributed by atoms with Crippen LogP contribution in [0.15, 0.2) is 0 Å². The SMILES string of the molecule is C1CCN(c2nc(N3CCOCC3)nc3n[nH]nc23)CC1. The number of nitrogens with zero attached hydrogens (tertiary/aromatic N) is 6. The Hall–Kier alpha value is -1.96. The van der Waals surface area contributed by atoms with Gasteiger partial charge in [-0.15, -0.1) is 5.10 Å². The number of ether oxygens (including phenoxy) is 1. The molecular weight excluding hydrogens is 270 g/mol. The van der Waals surface area contributed by atoms with E-state index >= 15 is 0 Å². The Morgan fingerprint density at radius 2 is 1.67 bits per heavy atom. The average molecular weight is 289 g/mol. The second-order valence-corrected chi connectivity index (χ2v) is 5.49. The monoisotopic (exact) mass is 289 g/mol. The number of anilines is 2. The predicted octanol–water partition coefficient (Wildman–Crippen LogP) is 0.575. The van der Waals surface area contributed by atoms with Crippen LogP contribution in [0.1, 0.15) is 19.3 Å². The maximum Gasteiger partial charge on any atom is 0.229 e. The third kappa shape index (κ3) is 2.39. The average Bonchev–Trinajstić information content (AvgIpc) is 3.04. The minimum atomic E-state index is 0.645. The molecule has 8 nitrogen and oxygen atoms in total. The highest BCUT2D eigenvalue weighted by atomic mass is 16.5. The summed E-state index contributed by atoms with van der Waals surface area (Å²) in [5, 5.41) is 11.1. The first-order valence-corrected chi connectivity index (χ1v) is 7.58. The van der Waals surface area contributed by atoms with Crippen molar-refractivity contribution < 1.29 is 4.74 Å². The molecule has 21 heavy (non-hydrogen) atoms. The molecule has 0 radical (unpaired) electrons. The molecule has 4 rings (SSSR count). The van der Waals surface area contributed by atoms with Crippen LogP contribution in [-0.2, 0) is 4.74 Å². The molecule has 0 unspecified atom stereocenters. The zero-order valence-corrected chi connectivity index (χ0v) is 12.0. The molecule has 0 amide bonds. The second kappa shape index (κ2) is 5.44. The highest BCUT2D eigenvalue weighted by molar-refractivity contribution is 5.83. The van der Waals surface area contributed by atoms with Crippen molar-refractivity contribution >= 4 is 22.9 Å². The van der Waals surface area contributed by atoms with Gasteiger partial charge in [-0.3, -0.25) is 0 Å². The summed E-state index contributed by atoms with van der Waals surface area (Å²) in [6, 6.07) is 0. The molecule has 0 atom stereocenters. The number of H-pyrrole nitrogens is 1. The quantitative estimate of drug-likeness (QED) is 0.865. The third-order valence-corrected chi connectivity index (χ3v) is 4.10. The molecule has 1 N–H and O–H groups in total. The van der Waals surface area contributed by atoms with E-state index in [2.05, 4.69) is 30.2 Å². The van der Waals surface area contributed by atoms with Gasteiger partial charge in [0.05, 0.1) is 13.2 Å². The molecule has 0 bridgehead atoms. The number of fused-ring (bicyclic) bond motifs is 1. The number of rotatable bonds is 2. The summed E-state index contributed by atoms with van der Waals surface area (Å²) in [4.78, 5) is 13.8. The van der Waals surface area contributed by atoms with Gasteiger partial charge in [-0.2, -0.15) is 20.3 Å². The number of aromatic nitrogens is 5.